The van der Waals surface area contributed by atoms with Crippen LogP contribution in [0.2, 0.25) is 10.0 Å². The van der Waals surface area contributed by atoms with E-state index in [0.717, 1.165) is 0 Å². The Morgan fingerprint density at radius 1 is 1.30 bits per heavy atom. The summed E-state index contributed by atoms with van der Waals surface area (Å²) in [5, 5.41) is 20.1. The number of rotatable bonds is 3. The summed E-state index contributed by atoms with van der Waals surface area (Å²) in [4.78, 5) is 22.9. The molecule has 1 heterocycles. The zero-order chi connectivity index (χ0) is 14.9. The number of hydrogen-bond donors (Lipinski definition) is 1. The van der Waals surface area contributed by atoms with E-state index in [9.17, 15) is 14.9 Å². The third-order valence-electron chi connectivity index (χ3n) is 3.37. The molecule has 0 amide bonds. The molecule has 1 saturated heterocycles. The van der Waals surface area contributed by atoms with E-state index in [1.807, 2.05) is 4.90 Å². The number of carbonyl (C=O) groups is 1. The summed E-state index contributed by atoms with van der Waals surface area (Å²) in [5.41, 5.74) is 0.368. The number of hydrogen-bond acceptors (Lipinski definition) is 4. The van der Waals surface area contributed by atoms with Crippen molar-refractivity contribution in [2.24, 2.45) is 5.92 Å². The predicted octanol–water partition coefficient (Wildman–Crippen LogP) is 3.20. The molecular weight excluding hydrogens is 307 g/mol. The fraction of sp³-hybridized carbons (Fsp3) is 0.417. The van der Waals surface area contributed by atoms with Crippen molar-refractivity contribution in [1.82, 2.24) is 0 Å². The molecule has 6 nitrogen and oxygen atoms in total. The van der Waals surface area contributed by atoms with Gasteiger partial charge in [0.15, 0.2) is 0 Å². The van der Waals surface area contributed by atoms with E-state index in [1.165, 1.54) is 12.1 Å². The summed E-state index contributed by atoms with van der Waals surface area (Å²) in [6.07, 6.45) is 0.998. The first kappa shape index (κ1) is 14.9. The first-order chi connectivity index (χ1) is 9.40. The molecular formula is C12H12Cl2N2O4. The molecule has 8 heteroatoms. The zero-order valence-electron chi connectivity index (χ0n) is 10.4. The van der Waals surface area contributed by atoms with E-state index in [0.29, 0.717) is 31.6 Å². The molecule has 0 unspecified atom stereocenters. The Balaban J connectivity index is 2.22. The second-order valence-corrected chi connectivity index (χ2v) is 5.43. The average molecular weight is 319 g/mol. The third kappa shape index (κ3) is 2.96. The molecule has 1 N–H and O–H groups in total. The molecule has 1 fully saturated rings. The third-order valence-corrected chi connectivity index (χ3v) is 3.95. The Bertz CT molecular complexity index is 533. The van der Waals surface area contributed by atoms with Gasteiger partial charge in [0.2, 0.25) is 0 Å². The molecule has 2 rings (SSSR count). The van der Waals surface area contributed by atoms with Crippen LogP contribution in [0.3, 0.4) is 0 Å². The van der Waals surface area contributed by atoms with Crippen molar-refractivity contribution in [2.75, 3.05) is 18.0 Å². The molecule has 1 aromatic rings. The number of carboxylic acid groups (broad SMARTS) is 1. The Hall–Kier alpha value is -1.53. The summed E-state index contributed by atoms with van der Waals surface area (Å²) in [6, 6.07) is 2.51. The Morgan fingerprint density at radius 3 is 2.20 bits per heavy atom. The van der Waals surface area contributed by atoms with Gasteiger partial charge in [-0.15, -0.1) is 0 Å². The van der Waals surface area contributed by atoms with Gasteiger partial charge in [-0.2, -0.15) is 0 Å². The maximum absolute atomic E-state index is 10.9. The topological polar surface area (TPSA) is 83.7 Å². The molecule has 0 saturated carbocycles. The van der Waals surface area contributed by atoms with Gasteiger partial charge in [-0.3, -0.25) is 14.9 Å². The molecule has 1 aromatic carbocycles. The van der Waals surface area contributed by atoms with Crippen molar-refractivity contribution in [3.8, 4) is 0 Å². The highest BCUT2D eigenvalue weighted by Gasteiger charge is 2.27. The van der Waals surface area contributed by atoms with E-state index in [1.54, 1.807) is 0 Å². The molecule has 0 spiro atoms. The molecule has 0 atom stereocenters. The molecule has 0 radical (unpaired) electrons. The van der Waals surface area contributed by atoms with Crippen molar-refractivity contribution in [2.45, 2.75) is 12.8 Å². The normalized spacial score (nSPS) is 16.2. The van der Waals surface area contributed by atoms with Gasteiger partial charge in [0.25, 0.3) is 5.69 Å². The van der Waals surface area contributed by atoms with Gasteiger partial charge < -0.3 is 10.0 Å². The van der Waals surface area contributed by atoms with Crippen LogP contribution in [-0.2, 0) is 4.79 Å². The van der Waals surface area contributed by atoms with Crippen LogP contribution in [0.5, 0.6) is 0 Å². The van der Waals surface area contributed by atoms with Gasteiger partial charge in [0.1, 0.15) is 0 Å². The maximum atomic E-state index is 10.9. The number of nitrogens with zero attached hydrogens (tertiary/aromatic N) is 2. The van der Waals surface area contributed by atoms with Crippen molar-refractivity contribution < 1.29 is 14.8 Å². The minimum absolute atomic E-state index is 0.163. The lowest BCUT2D eigenvalue weighted by molar-refractivity contribution is -0.384. The van der Waals surface area contributed by atoms with Crippen LogP contribution in [0, 0.1) is 16.0 Å². The highest BCUT2D eigenvalue weighted by Crippen LogP contribution is 2.39. The Labute approximate surface area is 125 Å². The summed E-state index contributed by atoms with van der Waals surface area (Å²) in [6.45, 7) is 1.02. The number of nitro groups is 1. The van der Waals surface area contributed by atoms with E-state index in [4.69, 9.17) is 28.3 Å². The second-order valence-electron chi connectivity index (χ2n) is 4.61. The molecule has 0 bridgehead atoms. The van der Waals surface area contributed by atoms with E-state index in [2.05, 4.69) is 0 Å². The van der Waals surface area contributed by atoms with Crippen molar-refractivity contribution in [3.63, 3.8) is 0 Å². The molecule has 1 aliphatic heterocycles. The SMILES string of the molecule is O=C(O)C1CCN(c2c(Cl)cc([N+](=O)[O-])cc2Cl)CC1. The molecule has 1 aliphatic rings. The van der Waals surface area contributed by atoms with Crippen LogP contribution >= 0.6 is 23.2 Å². The van der Waals surface area contributed by atoms with Crippen LogP contribution in [0.1, 0.15) is 12.8 Å². The average Bonchev–Trinajstić information content (AvgIpc) is 2.38. The standard InChI is InChI=1S/C12H12Cl2N2O4/c13-9-5-8(16(19)20)6-10(14)11(9)15-3-1-7(2-4-15)12(17)18/h5-7H,1-4H2,(H,17,18). The maximum Gasteiger partial charge on any atom is 0.306 e. The second kappa shape index (κ2) is 5.85. The minimum Gasteiger partial charge on any atom is -0.481 e. The van der Waals surface area contributed by atoms with E-state index >= 15 is 0 Å². The van der Waals surface area contributed by atoms with Gasteiger partial charge in [0.05, 0.1) is 26.6 Å². The molecule has 0 aromatic heterocycles. The van der Waals surface area contributed by atoms with E-state index in [-0.39, 0.29) is 21.7 Å². The van der Waals surface area contributed by atoms with Gasteiger partial charge in [-0.1, -0.05) is 23.2 Å². The molecule has 20 heavy (non-hydrogen) atoms. The number of carboxylic acids is 1. The van der Waals surface area contributed by atoms with Crippen LogP contribution in [-0.4, -0.2) is 29.1 Å². The Kier molecular flexibility index (Phi) is 4.35. The highest BCUT2D eigenvalue weighted by molar-refractivity contribution is 6.39. The minimum atomic E-state index is -0.800. The quantitative estimate of drug-likeness (QED) is 0.683. The largest absolute Gasteiger partial charge is 0.481 e. The van der Waals surface area contributed by atoms with Crippen LogP contribution < -0.4 is 4.90 Å². The molecule has 108 valence electrons. The lowest BCUT2D eigenvalue weighted by Crippen LogP contribution is -2.36. The van der Waals surface area contributed by atoms with E-state index < -0.39 is 10.9 Å². The number of aliphatic carboxylic acids is 1. The summed E-state index contributed by atoms with van der Waals surface area (Å²) in [7, 11) is 0. The lowest BCUT2D eigenvalue weighted by Gasteiger charge is -2.33. The van der Waals surface area contributed by atoms with Crippen molar-refractivity contribution in [3.05, 3.63) is 32.3 Å². The number of nitro benzene ring substituents is 1. The van der Waals surface area contributed by atoms with Crippen LogP contribution in [0.4, 0.5) is 11.4 Å². The van der Waals surface area contributed by atoms with Crippen LogP contribution in [0.25, 0.3) is 0 Å². The number of halogens is 2. The lowest BCUT2D eigenvalue weighted by atomic mass is 9.97. The monoisotopic (exact) mass is 318 g/mol. The zero-order valence-corrected chi connectivity index (χ0v) is 11.9. The van der Waals surface area contributed by atoms with Crippen molar-refractivity contribution >= 4 is 40.5 Å². The summed E-state index contributed by atoms with van der Waals surface area (Å²) >= 11 is 12.1. The van der Waals surface area contributed by atoms with Gasteiger partial charge >= 0.3 is 5.97 Å². The van der Waals surface area contributed by atoms with Gasteiger partial charge in [-0.25, -0.2) is 0 Å². The fourth-order valence-corrected chi connectivity index (χ4v) is 3.02. The summed E-state index contributed by atoms with van der Waals surface area (Å²) in [5.74, 6) is -1.16. The van der Waals surface area contributed by atoms with Crippen LogP contribution in [0.15, 0.2) is 12.1 Å². The number of anilines is 1. The number of non-ortho nitro benzene ring substituents is 1. The van der Waals surface area contributed by atoms with Crippen molar-refractivity contribution in [1.29, 1.82) is 0 Å². The highest BCUT2D eigenvalue weighted by atomic mass is 35.5. The Morgan fingerprint density at radius 2 is 1.80 bits per heavy atom. The summed E-state index contributed by atoms with van der Waals surface area (Å²) < 4.78 is 0. The smallest absolute Gasteiger partial charge is 0.306 e. The number of benzene rings is 1. The first-order valence-corrected chi connectivity index (χ1v) is 6.77. The predicted molar refractivity (Wildman–Crippen MR) is 75.7 cm³/mol. The fourth-order valence-electron chi connectivity index (χ4n) is 2.31. The van der Waals surface area contributed by atoms with Gasteiger partial charge in [-0.05, 0) is 12.8 Å². The first-order valence-electron chi connectivity index (χ1n) is 6.01. The van der Waals surface area contributed by atoms with Gasteiger partial charge in [0, 0.05) is 25.2 Å². The molecule has 0 aliphatic carbocycles. The number of piperidine rings is 1.